The fourth-order valence-electron chi connectivity index (χ4n) is 3.88. The van der Waals surface area contributed by atoms with Crippen molar-refractivity contribution in [3.63, 3.8) is 0 Å². The molecular weight excluding hydrogens is 334 g/mol. The molecule has 0 spiro atoms. The van der Waals surface area contributed by atoms with Gasteiger partial charge in [0.25, 0.3) is 5.91 Å². The summed E-state index contributed by atoms with van der Waals surface area (Å²) in [6.45, 7) is 0. The number of nitrogens with zero attached hydrogens (tertiary/aromatic N) is 1. The molecule has 128 valence electrons. The summed E-state index contributed by atoms with van der Waals surface area (Å²) in [5.41, 5.74) is 8.87. The second-order valence-electron chi connectivity index (χ2n) is 6.79. The summed E-state index contributed by atoms with van der Waals surface area (Å²) >= 11 is 5.98. The van der Waals surface area contributed by atoms with Gasteiger partial charge in [-0.1, -0.05) is 29.8 Å². The first-order chi connectivity index (χ1) is 12.1. The minimum atomic E-state index is -0.435. The van der Waals surface area contributed by atoms with E-state index in [-0.39, 0.29) is 0 Å². The van der Waals surface area contributed by atoms with Gasteiger partial charge in [-0.25, -0.2) is 4.98 Å². The van der Waals surface area contributed by atoms with E-state index >= 15 is 0 Å². The second kappa shape index (κ2) is 6.52. The molecule has 5 heteroatoms. The number of hydrogen-bond donors (Lipinski definition) is 2. The lowest BCUT2D eigenvalue weighted by atomic mass is 9.78. The first-order valence-electron chi connectivity index (χ1n) is 8.65. The number of carbonyl (C=O) groups is 1. The highest BCUT2D eigenvalue weighted by Gasteiger charge is 2.26. The minimum absolute atomic E-state index is 0.400. The number of H-pyrrole nitrogens is 1. The predicted molar refractivity (Wildman–Crippen MR) is 100 cm³/mol. The number of primary amides is 1. The quantitative estimate of drug-likeness (QED) is 0.712. The Kier molecular flexibility index (Phi) is 4.22. The second-order valence-corrected chi connectivity index (χ2v) is 7.22. The van der Waals surface area contributed by atoms with Crippen molar-refractivity contribution in [3.05, 3.63) is 64.4 Å². The van der Waals surface area contributed by atoms with Crippen molar-refractivity contribution in [2.24, 2.45) is 5.73 Å². The fraction of sp³-hybridized carbons (Fsp3) is 0.300. The molecule has 1 aromatic heterocycles. The molecule has 1 aliphatic carbocycles. The van der Waals surface area contributed by atoms with Crippen molar-refractivity contribution < 1.29 is 4.79 Å². The molecule has 1 fully saturated rings. The summed E-state index contributed by atoms with van der Waals surface area (Å²) in [6, 6.07) is 13.7. The number of benzene rings is 2. The van der Waals surface area contributed by atoms with E-state index in [0.29, 0.717) is 22.9 Å². The molecule has 1 heterocycles. The summed E-state index contributed by atoms with van der Waals surface area (Å²) < 4.78 is 0. The molecule has 0 saturated heterocycles. The van der Waals surface area contributed by atoms with Crippen LogP contribution < -0.4 is 5.73 Å². The molecule has 25 heavy (non-hydrogen) atoms. The number of nitrogens with two attached hydrogens (primary N) is 1. The Balaban J connectivity index is 1.52. The summed E-state index contributed by atoms with van der Waals surface area (Å²) in [4.78, 5) is 19.7. The zero-order valence-electron chi connectivity index (χ0n) is 13.8. The maximum Gasteiger partial charge on any atom is 0.250 e. The van der Waals surface area contributed by atoms with Crippen molar-refractivity contribution in [1.82, 2.24) is 9.97 Å². The lowest BCUT2D eigenvalue weighted by molar-refractivity contribution is 0.100. The average Bonchev–Trinajstić information content (AvgIpc) is 3.06. The number of amides is 1. The van der Waals surface area contributed by atoms with Crippen molar-refractivity contribution >= 4 is 28.5 Å². The van der Waals surface area contributed by atoms with Crippen molar-refractivity contribution in [2.45, 2.75) is 37.5 Å². The predicted octanol–water partition coefficient (Wildman–Crippen LogP) is 4.76. The molecule has 2 aromatic carbocycles. The molecule has 0 radical (unpaired) electrons. The van der Waals surface area contributed by atoms with Crippen LogP contribution in [0, 0.1) is 0 Å². The van der Waals surface area contributed by atoms with Crippen molar-refractivity contribution in [1.29, 1.82) is 0 Å². The third-order valence-corrected chi connectivity index (χ3v) is 5.50. The average molecular weight is 354 g/mol. The summed E-state index contributed by atoms with van der Waals surface area (Å²) in [5, 5.41) is 0.782. The zero-order valence-corrected chi connectivity index (χ0v) is 14.6. The van der Waals surface area contributed by atoms with Crippen LogP contribution in [0.2, 0.25) is 5.02 Å². The van der Waals surface area contributed by atoms with E-state index in [0.717, 1.165) is 42.0 Å². The highest BCUT2D eigenvalue weighted by Crippen LogP contribution is 2.40. The maximum atomic E-state index is 11.6. The maximum absolute atomic E-state index is 11.6. The molecule has 3 N–H and O–H groups in total. The smallest absolute Gasteiger partial charge is 0.250 e. The Bertz CT molecular complexity index is 908. The van der Waals surface area contributed by atoms with Gasteiger partial charge in [0.05, 0.1) is 11.1 Å². The van der Waals surface area contributed by atoms with Crippen LogP contribution in [0.5, 0.6) is 0 Å². The Labute approximate surface area is 151 Å². The van der Waals surface area contributed by atoms with Gasteiger partial charge in [-0.2, -0.15) is 0 Å². The molecule has 0 atom stereocenters. The number of hydrogen-bond acceptors (Lipinski definition) is 2. The van der Waals surface area contributed by atoms with Crippen LogP contribution in [-0.2, 0) is 0 Å². The monoisotopic (exact) mass is 353 g/mol. The summed E-state index contributed by atoms with van der Waals surface area (Å²) in [7, 11) is 0. The van der Waals surface area contributed by atoms with Crippen molar-refractivity contribution in [2.75, 3.05) is 0 Å². The Morgan fingerprint density at radius 1 is 1.04 bits per heavy atom. The van der Waals surface area contributed by atoms with E-state index in [2.05, 4.69) is 17.1 Å². The molecule has 0 unspecified atom stereocenters. The Hall–Kier alpha value is -2.33. The van der Waals surface area contributed by atoms with Gasteiger partial charge in [-0.05, 0) is 61.4 Å². The fourth-order valence-corrected chi connectivity index (χ4v) is 4.00. The van der Waals surface area contributed by atoms with E-state index < -0.39 is 5.91 Å². The van der Waals surface area contributed by atoms with Crippen molar-refractivity contribution in [3.8, 4) is 0 Å². The molecule has 1 amide bonds. The molecule has 0 bridgehead atoms. The van der Waals surface area contributed by atoms with Gasteiger partial charge in [0, 0.05) is 10.9 Å². The van der Waals surface area contributed by atoms with Crippen LogP contribution in [0.4, 0.5) is 0 Å². The summed E-state index contributed by atoms with van der Waals surface area (Å²) in [6.07, 6.45) is 4.43. The third-order valence-electron chi connectivity index (χ3n) is 5.25. The number of nitrogens with one attached hydrogen (secondary N) is 1. The normalized spacial score (nSPS) is 20.7. The van der Waals surface area contributed by atoms with Gasteiger partial charge in [0.15, 0.2) is 0 Å². The number of carbonyl (C=O) groups excluding carboxylic acids is 1. The lowest BCUT2D eigenvalue weighted by Gasteiger charge is -2.27. The minimum Gasteiger partial charge on any atom is -0.366 e. The highest BCUT2D eigenvalue weighted by molar-refractivity contribution is 6.30. The van der Waals surface area contributed by atoms with Gasteiger partial charge in [0.2, 0.25) is 0 Å². The summed E-state index contributed by atoms with van der Waals surface area (Å²) in [5.74, 6) is 1.52. The lowest BCUT2D eigenvalue weighted by Crippen LogP contribution is -2.13. The van der Waals surface area contributed by atoms with Crippen LogP contribution in [-0.4, -0.2) is 15.9 Å². The van der Waals surface area contributed by atoms with E-state index in [9.17, 15) is 4.79 Å². The van der Waals surface area contributed by atoms with Gasteiger partial charge in [0.1, 0.15) is 11.3 Å². The van der Waals surface area contributed by atoms with E-state index in [1.165, 1.54) is 5.56 Å². The zero-order chi connectivity index (χ0) is 17.4. The van der Waals surface area contributed by atoms with Gasteiger partial charge in [-0.3, -0.25) is 4.79 Å². The largest absolute Gasteiger partial charge is 0.366 e. The van der Waals surface area contributed by atoms with Crippen LogP contribution in [0.15, 0.2) is 42.5 Å². The number of para-hydroxylation sites is 1. The number of aromatic amines is 1. The van der Waals surface area contributed by atoms with E-state index in [1.54, 1.807) is 6.07 Å². The van der Waals surface area contributed by atoms with Crippen LogP contribution in [0.25, 0.3) is 11.0 Å². The molecule has 0 aliphatic heterocycles. The Morgan fingerprint density at radius 2 is 1.72 bits per heavy atom. The van der Waals surface area contributed by atoms with Crippen LogP contribution >= 0.6 is 11.6 Å². The number of rotatable bonds is 3. The molecule has 4 rings (SSSR count). The van der Waals surface area contributed by atoms with Gasteiger partial charge in [-0.15, -0.1) is 0 Å². The molecule has 1 aliphatic rings. The molecule has 3 aromatic rings. The third kappa shape index (κ3) is 3.14. The van der Waals surface area contributed by atoms with Gasteiger partial charge >= 0.3 is 0 Å². The van der Waals surface area contributed by atoms with Gasteiger partial charge < -0.3 is 10.7 Å². The number of fused-ring (bicyclic) bond motifs is 1. The van der Waals surface area contributed by atoms with Crippen LogP contribution in [0.1, 0.15) is 59.3 Å². The molecular formula is C20H20ClN3O. The number of halogens is 1. The standard InChI is InChI=1S/C20H20ClN3O/c21-15-10-8-13(9-11-15)12-4-6-14(7-5-12)20-23-17-3-1-2-16(19(22)25)18(17)24-20/h1-3,8-12,14H,4-7H2,(H2,22,25)(H,23,24). The number of imidazole rings is 1. The van der Waals surface area contributed by atoms with E-state index in [1.807, 2.05) is 24.3 Å². The number of aromatic nitrogens is 2. The highest BCUT2D eigenvalue weighted by atomic mass is 35.5. The van der Waals surface area contributed by atoms with E-state index in [4.69, 9.17) is 22.3 Å². The van der Waals surface area contributed by atoms with Crippen LogP contribution in [0.3, 0.4) is 0 Å². The first-order valence-corrected chi connectivity index (χ1v) is 9.03. The SMILES string of the molecule is NC(=O)c1cccc2[nH]c(C3CCC(c4ccc(Cl)cc4)CC3)nc12. The molecule has 1 saturated carbocycles. The topological polar surface area (TPSA) is 71.8 Å². The Morgan fingerprint density at radius 3 is 2.40 bits per heavy atom. The first kappa shape index (κ1) is 16.2. The molecule has 4 nitrogen and oxygen atoms in total.